The molecule has 1 aliphatic rings. The van der Waals surface area contributed by atoms with E-state index in [0.29, 0.717) is 6.04 Å². The zero-order chi connectivity index (χ0) is 13.8. The highest BCUT2D eigenvalue weighted by Gasteiger charge is 2.22. The first kappa shape index (κ1) is 13.7. The third kappa shape index (κ3) is 2.84. The van der Waals surface area contributed by atoms with Gasteiger partial charge in [-0.1, -0.05) is 25.2 Å². The predicted molar refractivity (Wildman–Crippen MR) is 77.2 cm³/mol. The lowest BCUT2D eigenvalue weighted by molar-refractivity contribution is 0.0958. The Balaban J connectivity index is 2.24. The molecule has 19 heavy (non-hydrogen) atoms. The highest BCUT2D eigenvalue weighted by Crippen LogP contribution is 2.32. The Bertz CT molecular complexity index is 502. The number of terminal acetylenes is 1. The van der Waals surface area contributed by atoms with Crippen molar-refractivity contribution in [3.05, 3.63) is 23.0 Å². The molecule has 0 unspecified atom stereocenters. The Morgan fingerprint density at radius 3 is 2.74 bits per heavy atom. The minimum absolute atomic E-state index is 0.0619. The van der Waals surface area contributed by atoms with Crippen LogP contribution < -0.4 is 5.32 Å². The van der Waals surface area contributed by atoms with Crippen LogP contribution in [0.3, 0.4) is 0 Å². The number of nitrogens with zero attached hydrogens (tertiary/aromatic N) is 1. The van der Waals surface area contributed by atoms with Crippen LogP contribution in [0.5, 0.6) is 0 Å². The maximum atomic E-state index is 12.1. The second kappa shape index (κ2) is 5.97. The van der Waals surface area contributed by atoms with Crippen LogP contribution in [0.15, 0.2) is 6.07 Å². The van der Waals surface area contributed by atoms with Gasteiger partial charge in [-0.2, -0.15) is 0 Å². The number of rotatable bonds is 3. The van der Waals surface area contributed by atoms with Crippen molar-refractivity contribution in [1.82, 2.24) is 9.88 Å². The minimum atomic E-state index is -0.0619. The van der Waals surface area contributed by atoms with Crippen LogP contribution in [0, 0.1) is 26.2 Å². The maximum absolute atomic E-state index is 12.1. The van der Waals surface area contributed by atoms with Crippen molar-refractivity contribution in [2.45, 2.75) is 52.0 Å². The van der Waals surface area contributed by atoms with E-state index in [-0.39, 0.29) is 12.5 Å². The van der Waals surface area contributed by atoms with Crippen molar-refractivity contribution in [3.8, 4) is 12.3 Å². The van der Waals surface area contributed by atoms with Crippen LogP contribution in [0.2, 0.25) is 0 Å². The molecule has 3 heteroatoms. The van der Waals surface area contributed by atoms with Gasteiger partial charge in [-0.25, -0.2) is 0 Å². The van der Waals surface area contributed by atoms with E-state index >= 15 is 0 Å². The number of carbonyl (C=O) groups excluding carboxylic acids is 1. The second-order valence-electron chi connectivity index (χ2n) is 5.33. The molecule has 102 valence electrons. The van der Waals surface area contributed by atoms with Gasteiger partial charge in [0.05, 0.1) is 12.1 Å². The van der Waals surface area contributed by atoms with Gasteiger partial charge in [0.15, 0.2) is 0 Å². The molecule has 0 spiro atoms. The number of aromatic nitrogens is 1. The first-order valence-corrected chi connectivity index (χ1v) is 7.05. The first-order valence-electron chi connectivity index (χ1n) is 7.05. The van der Waals surface area contributed by atoms with Crippen molar-refractivity contribution in [2.75, 3.05) is 6.54 Å². The third-order valence-corrected chi connectivity index (χ3v) is 4.02. The van der Waals surface area contributed by atoms with E-state index in [1.54, 1.807) is 0 Å². The molecular formula is C16H22N2O. The maximum Gasteiger partial charge on any atom is 0.253 e. The Morgan fingerprint density at radius 1 is 1.42 bits per heavy atom. The van der Waals surface area contributed by atoms with Crippen molar-refractivity contribution >= 4 is 5.91 Å². The zero-order valence-electron chi connectivity index (χ0n) is 11.8. The summed E-state index contributed by atoms with van der Waals surface area (Å²) in [6.45, 7) is 4.40. The summed E-state index contributed by atoms with van der Waals surface area (Å²) < 4.78 is 2.34. The zero-order valence-corrected chi connectivity index (χ0v) is 11.8. The van der Waals surface area contributed by atoms with Gasteiger partial charge >= 0.3 is 0 Å². The lowest BCUT2D eigenvalue weighted by Crippen LogP contribution is -2.24. The molecule has 0 bridgehead atoms. The SMILES string of the molecule is C#CCNC(=O)c1cc(C)n(C2CCCCC2)c1C. The molecule has 1 aromatic heterocycles. The van der Waals surface area contributed by atoms with Crippen LogP contribution in [-0.4, -0.2) is 17.0 Å². The van der Waals surface area contributed by atoms with Crippen LogP contribution in [0.4, 0.5) is 0 Å². The Labute approximate surface area is 115 Å². The van der Waals surface area contributed by atoms with Gasteiger partial charge in [-0.05, 0) is 32.8 Å². The van der Waals surface area contributed by atoms with E-state index in [1.165, 1.54) is 37.8 Å². The summed E-state index contributed by atoms with van der Waals surface area (Å²) in [6, 6.07) is 2.54. The molecule has 2 rings (SSSR count). The van der Waals surface area contributed by atoms with E-state index in [9.17, 15) is 4.79 Å². The van der Waals surface area contributed by atoms with E-state index in [4.69, 9.17) is 6.42 Å². The normalized spacial score (nSPS) is 16.1. The molecule has 0 radical (unpaired) electrons. The molecule has 0 aromatic carbocycles. The summed E-state index contributed by atoms with van der Waals surface area (Å²) in [5.74, 6) is 2.37. The molecule has 1 aromatic rings. The summed E-state index contributed by atoms with van der Waals surface area (Å²) in [5, 5.41) is 2.74. The van der Waals surface area contributed by atoms with Crippen molar-refractivity contribution in [1.29, 1.82) is 0 Å². The van der Waals surface area contributed by atoms with Crippen molar-refractivity contribution in [2.24, 2.45) is 0 Å². The lowest BCUT2D eigenvalue weighted by Gasteiger charge is -2.26. The van der Waals surface area contributed by atoms with E-state index in [2.05, 4.69) is 22.7 Å². The molecule has 1 saturated carbocycles. The van der Waals surface area contributed by atoms with E-state index in [0.717, 1.165) is 11.3 Å². The van der Waals surface area contributed by atoms with E-state index < -0.39 is 0 Å². The molecule has 1 fully saturated rings. The number of aryl methyl sites for hydroxylation is 1. The fourth-order valence-electron chi connectivity index (χ4n) is 3.13. The summed E-state index contributed by atoms with van der Waals surface area (Å²) in [6.07, 6.45) is 11.5. The average Bonchev–Trinajstić information content (AvgIpc) is 2.72. The number of hydrogen-bond acceptors (Lipinski definition) is 1. The smallest absolute Gasteiger partial charge is 0.253 e. The largest absolute Gasteiger partial charge is 0.345 e. The Hall–Kier alpha value is -1.69. The van der Waals surface area contributed by atoms with Gasteiger partial charge in [0.25, 0.3) is 5.91 Å². The summed E-state index contributed by atoms with van der Waals surface area (Å²) in [4.78, 5) is 12.1. The number of carbonyl (C=O) groups is 1. The standard InChI is InChI=1S/C16H22N2O/c1-4-10-17-16(19)15-11-12(2)18(13(15)3)14-8-6-5-7-9-14/h1,11,14H,5-10H2,2-3H3,(H,17,19). The molecule has 0 aliphatic heterocycles. The second-order valence-corrected chi connectivity index (χ2v) is 5.33. The molecule has 1 N–H and O–H groups in total. The van der Waals surface area contributed by atoms with Crippen LogP contribution in [0.1, 0.15) is 59.9 Å². The number of nitrogens with one attached hydrogen (secondary N) is 1. The summed E-state index contributed by atoms with van der Waals surface area (Å²) in [7, 11) is 0. The van der Waals surface area contributed by atoms with Gasteiger partial charge in [-0.15, -0.1) is 6.42 Å². The monoisotopic (exact) mass is 258 g/mol. The number of amides is 1. The average molecular weight is 258 g/mol. The Kier molecular flexibility index (Phi) is 4.31. The lowest BCUT2D eigenvalue weighted by atomic mass is 9.95. The van der Waals surface area contributed by atoms with E-state index in [1.807, 2.05) is 13.0 Å². The molecular weight excluding hydrogens is 236 g/mol. The molecule has 3 nitrogen and oxygen atoms in total. The molecule has 1 aliphatic carbocycles. The molecule has 1 amide bonds. The number of hydrogen-bond donors (Lipinski definition) is 1. The first-order chi connectivity index (χ1) is 9.15. The van der Waals surface area contributed by atoms with Crippen molar-refractivity contribution < 1.29 is 4.79 Å². The van der Waals surface area contributed by atoms with Crippen LogP contribution in [-0.2, 0) is 0 Å². The van der Waals surface area contributed by atoms with Gasteiger partial charge in [0.1, 0.15) is 0 Å². The summed E-state index contributed by atoms with van der Waals surface area (Å²) >= 11 is 0. The third-order valence-electron chi connectivity index (χ3n) is 4.02. The Morgan fingerprint density at radius 2 is 2.11 bits per heavy atom. The molecule has 0 saturated heterocycles. The minimum Gasteiger partial charge on any atom is -0.345 e. The molecule has 1 heterocycles. The predicted octanol–water partition coefficient (Wildman–Crippen LogP) is 2.97. The highest BCUT2D eigenvalue weighted by atomic mass is 16.1. The van der Waals surface area contributed by atoms with Gasteiger partial charge in [0, 0.05) is 17.4 Å². The topological polar surface area (TPSA) is 34.0 Å². The van der Waals surface area contributed by atoms with Gasteiger partial charge in [0.2, 0.25) is 0 Å². The van der Waals surface area contributed by atoms with Crippen LogP contribution in [0.25, 0.3) is 0 Å². The fraction of sp³-hybridized carbons (Fsp3) is 0.562. The molecule has 0 atom stereocenters. The summed E-state index contributed by atoms with van der Waals surface area (Å²) in [5.41, 5.74) is 3.01. The fourth-order valence-corrected chi connectivity index (χ4v) is 3.13. The quantitative estimate of drug-likeness (QED) is 0.831. The van der Waals surface area contributed by atoms with Crippen molar-refractivity contribution in [3.63, 3.8) is 0 Å². The highest BCUT2D eigenvalue weighted by molar-refractivity contribution is 5.95. The van der Waals surface area contributed by atoms with Gasteiger partial charge in [-0.3, -0.25) is 4.79 Å². The van der Waals surface area contributed by atoms with Gasteiger partial charge < -0.3 is 9.88 Å². The van der Waals surface area contributed by atoms with Crippen LogP contribution >= 0.6 is 0 Å².